The fourth-order valence-corrected chi connectivity index (χ4v) is 5.06. The van der Waals surface area contributed by atoms with Crippen LogP contribution in [0.3, 0.4) is 0 Å². The smallest absolute Gasteiger partial charge is 0.312 e. The summed E-state index contributed by atoms with van der Waals surface area (Å²) in [6.45, 7) is 4.01. The third-order valence-corrected chi connectivity index (χ3v) is 6.20. The van der Waals surface area contributed by atoms with Gasteiger partial charge >= 0.3 is 5.97 Å². The molecule has 1 aromatic carbocycles. The molecule has 2 aliphatic heterocycles. The van der Waals surface area contributed by atoms with E-state index in [0.29, 0.717) is 12.8 Å². The number of aromatic nitrogens is 2. The number of nitrogens with zero attached hydrogens (tertiary/aromatic N) is 3. The number of hydrogen-bond acceptors (Lipinski definition) is 3. The fraction of sp³-hybridized carbons (Fsp3) is 0.476. The van der Waals surface area contributed by atoms with Crippen LogP contribution in [0.25, 0.3) is 0 Å². The molecule has 6 nitrogen and oxygen atoms in total. The number of aliphatic carboxylic acids is 1. The van der Waals surface area contributed by atoms with E-state index in [4.69, 9.17) is 0 Å². The van der Waals surface area contributed by atoms with Crippen LogP contribution in [0.1, 0.15) is 36.2 Å². The number of hydrogen-bond donors (Lipinski definition) is 1. The number of amides is 1. The number of carboxylic acid groups (broad SMARTS) is 1. The van der Waals surface area contributed by atoms with Gasteiger partial charge in [-0.3, -0.25) is 14.3 Å². The summed E-state index contributed by atoms with van der Waals surface area (Å²) in [4.78, 5) is 27.3. The maximum atomic E-state index is 13.1. The van der Waals surface area contributed by atoms with E-state index in [2.05, 4.69) is 5.10 Å². The molecule has 142 valence electrons. The van der Waals surface area contributed by atoms with Gasteiger partial charge < -0.3 is 10.0 Å². The summed E-state index contributed by atoms with van der Waals surface area (Å²) >= 11 is 0. The van der Waals surface area contributed by atoms with E-state index >= 15 is 0 Å². The van der Waals surface area contributed by atoms with Crippen LogP contribution in [0.4, 0.5) is 0 Å². The molecule has 1 N–H and O–H groups in total. The second-order valence-electron chi connectivity index (χ2n) is 7.96. The van der Waals surface area contributed by atoms with E-state index < -0.39 is 11.4 Å². The van der Waals surface area contributed by atoms with Crippen molar-refractivity contribution in [3.63, 3.8) is 0 Å². The number of fused-ring (bicyclic) bond motifs is 2. The first-order valence-electron chi connectivity index (χ1n) is 9.50. The first-order valence-corrected chi connectivity index (χ1v) is 9.50. The minimum absolute atomic E-state index is 0.0132. The van der Waals surface area contributed by atoms with Crippen molar-refractivity contribution in [2.24, 2.45) is 5.41 Å². The van der Waals surface area contributed by atoms with Crippen molar-refractivity contribution in [1.82, 2.24) is 14.7 Å². The van der Waals surface area contributed by atoms with Crippen LogP contribution in [0.15, 0.2) is 36.4 Å². The van der Waals surface area contributed by atoms with Crippen molar-refractivity contribution < 1.29 is 14.7 Å². The molecule has 2 aliphatic rings. The van der Waals surface area contributed by atoms with Gasteiger partial charge in [0.1, 0.15) is 6.54 Å². The number of aryl methyl sites for hydroxylation is 2. The lowest BCUT2D eigenvalue weighted by Crippen LogP contribution is -2.47. The second-order valence-corrected chi connectivity index (χ2v) is 7.96. The maximum absolute atomic E-state index is 13.1. The molecule has 27 heavy (non-hydrogen) atoms. The summed E-state index contributed by atoms with van der Waals surface area (Å²) in [5.74, 6) is -0.813. The molecule has 2 saturated heterocycles. The molecule has 0 saturated carbocycles. The van der Waals surface area contributed by atoms with Gasteiger partial charge in [0.15, 0.2) is 0 Å². The number of benzene rings is 1. The minimum Gasteiger partial charge on any atom is -0.481 e. The monoisotopic (exact) mass is 367 g/mol. The molecule has 2 bridgehead atoms. The van der Waals surface area contributed by atoms with Crippen molar-refractivity contribution in [3.8, 4) is 0 Å². The molecule has 0 spiro atoms. The van der Waals surface area contributed by atoms with E-state index in [0.717, 1.165) is 29.8 Å². The lowest BCUT2D eigenvalue weighted by Gasteiger charge is -2.33. The van der Waals surface area contributed by atoms with Crippen LogP contribution in [0.2, 0.25) is 0 Å². The normalized spacial score (nSPS) is 26.5. The molecule has 6 heteroatoms. The Balaban J connectivity index is 1.60. The molecule has 2 fully saturated rings. The van der Waals surface area contributed by atoms with Gasteiger partial charge in [-0.15, -0.1) is 0 Å². The lowest BCUT2D eigenvalue weighted by molar-refractivity contribution is -0.151. The van der Waals surface area contributed by atoms with Gasteiger partial charge in [0, 0.05) is 17.8 Å². The van der Waals surface area contributed by atoms with Crippen molar-refractivity contribution >= 4 is 11.9 Å². The molecule has 0 unspecified atom stereocenters. The highest BCUT2D eigenvalue weighted by molar-refractivity contribution is 5.83. The summed E-state index contributed by atoms with van der Waals surface area (Å²) in [5.41, 5.74) is 1.95. The van der Waals surface area contributed by atoms with Crippen LogP contribution in [-0.2, 0) is 22.6 Å². The Kier molecular flexibility index (Phi) is 4.29. The zero-order valence-corrected chi connectivity index (χ0v) is 15.8. The van der Waals surface area contributed by atoms with Gasteiger partial charge in [0.25, 0.3) is 0 Å². The predicted octanol–water partition coefficient (Wildman–Crippen LogP) is 2.58. The third-order valence-electron chi connectivity index (χ3n) is 6.20. The molecular weight excluding hydrogens is 342 g/mol. The summed E-state index contributed by atoms with van der Waals surface area (Å²) in [5, 5.41) is 14.5. The molecule has 3 atom stereocenters. The molecule has 1 amide bonds. The van der Waals surface area contributed by atoms with E-state index in [-0.39, 0.29) is 24.5 Å². The topological polar surface area (TPSA) is 75.4 Å². The summed E-state index contributed by atoms with van der Waals surface area (Å²) in [6, 6.07) is 11.5. The standard InChI is InChI=1S/C21H25N3O3/c1-14-10-15(2)23(22-14)13-19(25)24-17-8-9-18(24)21(12-17,20(26)27)11-16-6-4-3-5-7-16/h3-7,10,17-18H,8-9,11-13H2,1-2H3,(H,26,27)/t17-,18+,21+/m0/s1. The van der Waals surface area contributed by atoms with Crippen molar-refractivity contribution in [2.45, 2.75) is 58.2 Å². The molecule has 4 rings (SSSR count). The number of rotatable bonds is 5. The van der Waals surface area contributed by atoms with Gasteiger partial charge in [-0.1, -0.05) is 30.3 Å². The van der Waals surface area contributed by atoms with E-state index in [9.17, 15) is 14.7 Å². The Bertz CT molecular complexity index is 876. The van der Waals surface area contributed by atoms with Gasteiger partial charge in [-0.05, 0) is 51.2 Å². The lowest BCUT2D eigenvalue weighted by atomic mass is 9.70. The maximum Gasteiger partial charge on any atom is 0.312 e. The van der Waals surface area contributed by atoms with Gasteiger partial charge in [-0.25, -0.2) is 0 Å². The highest BCUT2D eigenvalue weighted by Crippen LogP contribution is 2.51. The first kappa shape index (κ1) is 17.8. The Hall–Kier alpha value is -2.63. The zero-order valence-electron chi connectivity index (χ0n) is 15.8. The zero-order chi connectivity index (χ0) is 19.2. The van der Waals surface area contributed by atoms with E-state index in [1.807, 2.05) is 55.1 Å². The summed E-state index contributed by atoms with van der Waals surface area (Å²) < 4.78 is 1.72. The van der Waals surface area contributed by atoms with Crippen LogP contribution in [0, 0.1) is 19.3 Å². The Morgan fingerprint density at radius 2 is 1.96 bits per heavy atom. The Labute approximate surface area is 158 Å². The highest BCUT2D eigenvalue weighted by Gasteiger charge is 2.61. The third kappa shape index (κ3) is 2.93. The predicted molar refractivity (Wildman–Crippen MR) is 100 cm³/mol. The number of carbonyl (C=O) groups excluding carboxylic acids is 1. The average Bonchev–Trinajstić information content (AvgIpc) is 3.27. The molecule has 3 heterocycles. The quantitative estimate of drug-likeness (QED) is 0.881. The largest absolute Gasteiger partial charge is 0.481 e. The molecule has 0 radical (unpaired) electrons. The average molecular weight is 367 g/mol. The van der Waals surface area contributed by atoms with Gasteiger partial charge in [0.05, 0.1) is 11.1 Å². The SMILES string of the molecule is Cc1cc(C)n(CC(=O)N2[C@H]3CC[C@@H]2[C@](Cc2ccccc2)(C(=O)O)C3)n1. The van der Waals surface area contributed by atoms with Crippen molar-refractivity contribution in [1.29, 1.82) is 0 Å². The van der Waals surface area contributed by atoms with Gasteiger partial charge in [0.2, 0.25) is 5.91 Å². The van der Waals surface area contributed by atoms with Crippen LogP contribution < -0.4 is 0 Å². The fourth-order valence-electron chi connectivity index (χ4n) is 5.06. The van der Waals surface area contributed by atoms with Crippen molar-refractivity contribution in [3.05, 3.63) is 53.3 Å². The van der Waals surface area contributed by atoms with E-state index in [1.54, 1.807) is 4.68 Å². The minimum atomic E-state index is -0.894. The van der Waals surface area contributed by atoms with Crippen LogP contribution in [-0.4, -0.2) is 43.7 Å². The van der Waals surface area contributed by atoms with Crippen LogP contribution in [0.5, 0.6) is 0 Å². The number of carbonyl (C=O) groups is 2. The first-order chi connectivity index (χ1) is 12.9. The highest BCUT2D eigenvalue weighted by atomic mass is 16.4. The van der Waals surface area contributed by atoms with Gasteiger partial charge in [-0.2, -0.15) is 5.10 Å². The molecule has 0 aliphatic carbocycles. The van der Waals surface area contributed by atoms with Crippen LogP contribution >= 0.6 is 0 Å². The summed E-state index contributed by atoms with van der Waals surface area (Å²) in [7, 11) is 0. The number of carboxylic acids is 1. The Morgan fingerprint density at radius 3 is 2.59 bits per heavy atom. The molecule has 2 aromatic rings. The van der Waals surface area contributed by atoms with Crippen molar-refractivity contribution in [2.75, 3.05) is 0 Å². The summed E-state index contributed by atoms with van der Waals surface area (Å²) in [6.07, 6.45) is 2.64. The molecule has 1 aromatic heterocycles. The second kappa shape index (κ2) is 6.51. The van der Waals surface area contributed by atoms with E-state index in [1.165, 1.54) is 0 Å². The Morgan fingerprint density at radius 1 is 1.22 bits per heavy atom. The molecular formula is C21H25N3O3.